The van der Waals surface area contributed by atoms with E-state index in [0.717, 1.165) is 22.0 Å². The van der Waals surface area contributed by atoms with E-state index in [1.807, 2.05) is 42.6 Å². The number of hydrogen-bond acceptors (Lipinski definition) is 2. The summed E-state index contributed by atoms with van der Waals surface area (Å²) in [6.07, 6.45) is 8.19. The number of aromatic nitrogens is 1. The smallest absolute Gasteiger partial charge is 0.163 e. The highest BCUT2D eigenvalue weighted by atomic mass is 16.1. The molecule has 0 aliphatic heterocycles. The second-order valence-corrected chi connectivity index (χ2v) is 6.92. The van der Waals surface area contributed by atoms with Crippen molar-refractivity contribution >= 4 is 34.6 Å². The second kappa shape index (κ2) is 8.45. The van der Waals surface area contributed by atoms with Crippen molar-refractivity contribution in [3.63, 3.8) is 0 Å². The van der Waals surface area contributed by atoms with Gasteiger partial charge in [0.25, 0.3) is 0 Å². The Hall–Kier alpha value is -3.20. The maximum absolute atomic E-state index is 12.0. The van der Waals surface area contributed by atoms with Crippen LogP contribution in [0.4, 0.5) is 0 Å². The minimum absolute atomic E-state index is 0.123. The first-order valence-electron chi connectivity index (χ1n) is 9.10. The van der Waals surface area contributed by atoms with Crippen molar-refractivity contribution in [1.82, 2.24) is 4.98 Å². The third kappa shape index (κ3) is 5.14. The Balaban J connectivity index is 1.55. The summed E-state index contributed by atoms with van der Waals surface area (Å²) in [6.45, 7) is 4.29. The molecule has 1 aromatic heterocycles. The van der Waals surface area contributed by atoms with Crippen molar-refractivity contribution < 1.29 is 9.59 Å². The third-order valence-corrected chi connectivity index (χ3v) is 4.45. The van der Waals surface area contributed by atoms with E-state index in [-0.39, 0.29) is 18.0 Å². The fourth-order valence-electron chi connectivity index (χ4n) is 2.83. The molecule has 2 aromatic carbocycles. The molecular formula is C24H23NO2. The molecule has 0 saturated heterocycles. The highest BCUT2D eigenvalue weighted by Crippen LogP contribution is 2.16. The number of nitrogens with one attached hydrogen (secondary N) is 1. The SMILES string of the molecule is CC(C)c1ccc(/C=C/C(=O)CC(=O)/C=C/c2ccc3cc[nH]c3c2)cc1. The van der Waals surface area contributed by atoms with Crippen molar-refractivity contribution in [1.29, 1.82) is 0 Å². The van der Waals surface area contributed by atoms with Gasteiger partial charge < -0.3 is 4.98 Å². The molecule has 0 aliphatic rings. The Morgan fingerprint density at radius 3 is 2.19 bits per heavy atom. The third-order valence-electron chi connectivity index (χ3n) is 4.45. The largest absolute Gasteiger partial charge is 0.361 e. The first kappa shape index (κ1) is 18.6. The lowest BCUT2D eigenvalue weighted by molar-refractivity contribution is -0.121. The monoisotopic (exact) mass is 357 g/mol. The number of hydrogen-bond donors (Lipinski definition) is 1. The van der Waals surface area contributed by atoms with Gasteiger partial charge in [-0.15, -0.1) is 0 Å². The number of allylic oxidation sites excluding steroid dienone is 2. The molecule has 3 heteroatoms. The van der Waals surface area contributed by atoms with Gasteiger partial charge in [-0.1, -0.05) is 62.4 Å². The van der Waals surface area contributed by atoms with Crippen LogP contribution in [0.15, 0.2) is 66.9 Å². The fraction of sp³-hybridized carbons (Fsp3) is 0.167. The highest BCUT2D eigenvalue weighted by molar-refractivity contribution is 6.10. The topological polar surface area (TPSA) is 49.9 Å². The van der Waals surface area contributed by atoms with E-state index in [1.165, 1.54) is 17.7 Å². The van der Waals surface area contributed by atoms with Gasteiger partial charge in [-0.25, -0.2) is 0 Å². The van der Waals surface area contributed by atoms with Gasteiger partial charge in [-0.05, 0) is 52.3 Å². The summed E-state index contributed by atoms with van der Waals surface area (Å²) >= 11 is 0. The average molecular weight is 357 g/mol. The molecule has 0 unspecified atom stereocenters. The maximum atomic E-state index is 12.0. The summed E-state index contributed by atoms with van der Waals surface area (Å²) in [6, 6.07) is 16.0. The molecule has 0 fully saturated rings. The number of H-pyrrole nitrogens is 1. The molecule has 3 aromatic rings. The molecule has 1 heterocycles. The second-order valence-electron chi connectivity index (χ2n) is 6.92. The molecule has 0 spiro atoms. The maximum Gasteiger partial charge on any atom is 0.163 e. The lowest BCUT2D eigenvalue weighted by Crippen LogP contribution is -2.01. The van der Waals surface area contributed by atoms with Gasteiger partial charge in [0.1, 0.15) is 0 Å². The van der Waals surface area contributed by atoms with Crippen LogP contribution >= 0.6 is 0 Å². The van der Waals surface area contributed by atoms with Crippen LogP contribution in [0.2, 0.25) is 0 Å². The number of carbonyl (C=O) groups is 2. The molecule has 27 heavy (non-hydrogen) atoms. The van der Waals surface area contributed by atoms with Gasteiger partial charge in [0.15, 0.2) is 11.6 Å². The number of fused-ring (bicyclic) bond motifs is 1. The number of benzene rings is 2. The highest BCUT2D eigenvalue weighted by Gasteiger charge is 2.04. The van der Waals surface area contributed by atoms with E-state index in [0.29, 0.717) is 5.92 Å². The zero-order valence-electron chi connectivity index (χ0n) is 15.6. The van der Waals surface area contributed by atoms with E-state index < -0.39 is 0 Å². The summed E-state index contributed by atoms with van der Waals surface area (Å²) in [5.74, 6) is 0.0792. The molecular weight excluding hydrogens is 334 g/mol. The predicted octanol–water partition coefficient (Wildman–Crippen LogP) is 5.55. The number of carbonyl (C=O) groups excluding carboxylic acids is 2. The number of aromatic amines is 1. The standard InChI is InChI=1S/C24H23NO2/c1-17(2)20-8-3-18(4-9-20)6-11-22(26)16-23(27)12-7-19-5-10-21-13-14-25-24(21)15-19/h3-15,17,25H,16H2,1-2H3/b11-6+,12-7+. The van der Waals surface area contributed by atoms with Crippen LogP contribution < -0.4 is 0 Å². The normalized spacial score (nSPS) is 11.8. The molecule has 3 rings (SSSR count). The molecule has 136 valence electrons. The van der Waals surface area contributed by atoms with E-state index in [2.05, 4.69) is 31.0 Å². The van der Waals surface area contributed by atoms with Gasteiger partial charge in [0.2, 0.25) is 0 Å². The molecule has 0 aliphatic carbocycles. The summed E-state index contributed by atoms with van der Waals surface area (Å²) < 4.78 is 0. The number of rotatable bonds is 7. The van der Waals surface area contributed by atoms with Gasteiger partial charge >= 0.3 is 0 Å². The summed E-state index contributed by atoms with van der Waals surface area (Å²) in [5, 5.41) is 1.13. The van der Waals surface area contributed by atoms with E-state index in [9.17, 15) is 9.59 Å². The van der Waals surface area contributed by atoms with Gasteiger partial charge in [0.05, 0.1) is 6.42 Å². The summed E-state index contributed by atoms with van der Waals surface area (Å²) in [5.41, 5.74) is 4.16. The van der Waals surface area contributed by atoms with Crippen LogP contribution in [0.1, 0.15) is 42.9 Å². The first-order chi connectivity index (χ1) is 13.0. The molecule has 0 bridgehead atoms. The number of ketones is 2. The van der Waals surface area contributed by atoms with Crippen molar-refractivity contribution in [2.24, 2.45) is 0 Å². The van der Waals surface area contributed by atoms with Crippen molar-refractivity contribution in [2.75, 3.05) is 0 Å². The van der Waals surface area contributed by atoms with Crippen molar-refractivity contribution in [2.45, 2.75) is 26.2 Å². The van der Waals surface area contributed by atoms with Crippen LogP contribution in [-0.2, 0) is 9.59 Å². The van der Waals surface area contributed by atoms with Crippen LogP contribution in [0.3, 0.4) is 0 Å². The predicted molar refractivity (Wildman–Crippen MR) is 112 cm³/mol. The van der Waals surface area contributed by atoms with Gasteiger partial charge in [0, 0.05) is 11.7 Å². The molecule has 0 amide bonds. The summed E-state index contributed by atoms with van der Waals surface area (Å²) in [7, 11) is 0. The van der Waals surface area contributed by atoms with Crippen molar-refractivity contribution in [3.8, 4) is 0 Å². The summed E-state index contributed by atoms with van der Waals surface area (Å²) in [4.78, 5) is 27.2. The van der Waals surface area contributed by atoms with Crippen LogP contribution in [-0.4, -0.2) is 16.6 Å². The fourth-order valence-corrected chi connectivity index (χ4v) is 2.83. The Morgan fingerprint density at radius 2 is 1.52 bits per heavy atom. The van der Waals surface area contributed by atoms with Crippen LogP contribution in [0.25, 0.3) is 23.1 Å². The van der Waals surface area contributed by atoms with Crippen molar-refractivity contribution in [3.05, 3.63) is 83.6 Å². The molecule has 0 radical (unpaired) electrons. The molecule has 0 saturated carbocycles. The first-order valence-corrected chi connectivity index (χ1v) is 9.10. The van der Waals surface area contributed by atoms with E-state index >= 15 is 0 Å². The van der Waals surface area contributed by atoms with E-state index in [4.69, 9.17) is 0 Å². The van der Waals surface area contributed by atoms with Crippen LogP contribution in [0.5, 0.6) is 0 Å². The quantitative estimate of drug-likeness (QED) is 0.445. The Bertz CT molecular complexity index is 1000. The van der Waals surface area contributed by atoms with E-state index in [1.54, 1.807) is 12.2 Å². The lowest BCUT2D eigenvalue weighted by Gasteiger charge is -2.04. The van der Waals surface area contributed by atoms with Crippen LogP contribution in [0, 0.1) is 0 Å². The lowest BCUT2D eigenvalue weighted by atomic mass is 10.0. The Morgan fingerprint density at radius 1 is 0.889 bits per heavy atom. The zero-order valence-corrected chi connectivity index (χ0v) is 15.6. The minimum Gasteiger partial charge on any atom is -0.361 e. The Labute approximate surface area is 159 Å². The molecule has 0 atom stereocenters. The Kier molecular flexibility index (Phi) is 5.82. The minimum atomic E-state index is -0.202. The average Bonchev–Trinajstić information content (AvgIpc) is 3.13. The van der Waals surface area contributed by atoms with Gasteiger partial charge in [-0.3, -0.25) is 9.59 Å². The zero-order chi connectivity index (χ0) is 19.2. The molecule has 1 N–H and O–H groups in total. The molecule has 3 nitrogen and oxygen atoms in total. The van der Waals surface area contributed by atoms with Gasteiger partial charge in [-0.2, -0.15) is 0 Å².